The zero-order valence-electron chi connectivity index (χ0n) is 11.7. The number of aliphatic carboxylic acids is 1. The molecule has 20 heavy (non-hydrogen) atoms. The standard InChI is InChI=1S/C13H21N3O4/c1-15-8-10(4-5-11(15)17)14-13(20)16-6-2-3-9(7-16)12(18)19/h9-10H,2-8H2,1H3,(H,14,20)(H,18,19)/t9-,10?/m1/s1. The van der Waals surface area contributed by atoms with Crippen molar-refractivity contribution in [1.82, 2.24) is 15.1 Å². The van der Waals surface area contributed by atoms with Crippen LogP contribution in [0.25, 0.3) is 0 Å². The van der Waals surface area contributed by atoms with Crippen LogP contribution in [-0.2, 0) is 9.59 Å². The molecule has 1 unspecified atom stereocenters. The first kappa shape index (κ1) is 14.6. The third kappa shape index (κ3) is 3.40. The van der Waals surface area contributed by atoms with E-state index in [1.807, 2.05) is 0 Å². The number of hydrogen-bond donors (Lipinski definition) is 2. The van der Waals surface area contributed by atoms with Crippen LogP contribution < -0.4 is 5.32 Å². The fourth-order valence-electron chi connectivity index (χ4n) is 2.76. The molecule has 0 aromatic rings. The summed E-state index contributed by atoms with van der Waals surface area (Å²) < 4.78 is 0. The Hall–Kier alpha value is -1.79. The van der Waals surface area contributed by atoms with Crippen molar-refractivity contribution in [2.24, 2.45) is 5.92 Å². The molecule has 0 bridgehead atoms. The molecule has 2 atom stereocenters. The van der Waals surface area contributed by atoms with Crippen molar-refractivity contribution in [3.8, 4) is 0 Å². The number of hydrogen-bond acceptors (Lipinski definition) is 3. The second-order valence-electron chi connectivity index (χ2n) is 5.58. The third-order valence-corrected chi connectivity index (χ3v) is 4.01. The average molecular weight is 283 g/mol. The topological polar surface area (TPSA) is 90.0 Å². The molecule has 0 aromatic carbocycles. The van der Waals surface area contributed by atoms with Crippen LogP contribution in [0, 0.1) is 5.92 Å². The van der Waals surface area contributed by atoms with Gasteiger partial charge >= 0.3 is 12.0 Å². The van der Waals surface area contributed by atoms with E-state index in [0.717, 1.165) is 0 Å². The fourth-order valence-corrected chi connectivity index (χ4v) is 2.76. The summed E-state index contributed by atoms with van der Waals surface area (Å²) in [6, 6.07) is -0.265. The summed E-state index contributed by atoms with van der Waals surface area (Å²) >= 11 is 0. The van der Waals surface area contributed by atoms with Crippen molar-refractivity contribution < 1.29 is 19.5 Å². The predicted octanol–water partition coefficient (Wildman–Crippen LogP) is 0.113. The van der Waals surface area contributed by atoms with Crippen LogP contribution in [-0.4, -0.2) is 65.5 Å². The van der Waals surface area contributed by atoms with E-state index in [-0.39, 0.29) is 24.5 Å². The first-order valence-electron chi connectivity index (χ1n) is 6.99. The Morgan fingerprint density at radius 1 is 1.30 bits per heavy atom. The monoisotopic (exact) mass is 283 g/mol. The van der Waals surface area contributed by atoms with Gasteiger partial charge in [0.15, 0.2) is 0 Å². The van der Waals surface area contributed by atoms with Gasteiger partial charge in [-0.1, -0.05) is 0 Å². The molecule has 2 aliphatic rings. The van der Waals surface area contributed by atoms with E-state index in [1.165, 1.54) is 0 Å². The summed E-state index contributed by atoms with van der Waals surface area (Å²) in [5.74, 6) is -1.21. The van der Waals surface area contributed by atoms with Gasteiger partial charge in [0, 0.05) is 39.1 Å². The number of nitrogens with zero attached hydrogens (tertiary/aromatic N) is 2. The normalized spacial score (nSPS) is 27.4. The van der Waals surface area contributed by atoms with Gasteiger partial charge < -0.3 is 20.2 Å². The molecule has 0 radical (unpaired) electrons. The first-order chi connectivity index (χ1) is 9.47. The Labute approximate surface area is 117 Å². The summed E-state index contributed by atoms with van der Waals surface area (Å²) in [5, 5.41) is 11.9. The molecule has 0 saturated carbocycles. The van der Waals surface area contributed by atoms with Crippen LogP contribution in [0.15, 0.2) is 0 Å². The Kier molecular flexibility index (Phi) is 4.46. The van der Waals surface area contributed by atoms with Gasteiger partial charge in [-0.3, -0.25) is 9.59 Å². The molecule has 2 fully saturated rings. The maximum absolute atomic E-state index is 12.1. The Morgan fingerprint density at radius 3 is 2.70 bits per heavy atom. The zero-order chi connectivity index (χ0) is 14.7. The number of piperidine rings is 2. The summed E-state index contributed by atoms with van der Waals surface area (Å²) in [6.45, 7) is 1.38. The summed E-state index contributed by atoms with van der Waals surface area (Å²) in [5.41, 5.74) is 0. The quantitative estimate of drug-likeness (QED) is 0.753. The van der Waals surface area contributed by atoms with E-state index >= 15 is 0 Å². The highest BCUT2D eigenvalue weighted by atomic mass is 16.4. The average Bonchev–Trinajstić information content (AvgIpc) is 2.43. The second kappa shape index (κ2) is 6.11. The highest BCUT2D eigenvalue weighted by Crippen LogP contribution is 2.17. The van der Waals surface area contributed by atoms with Gasteiger partial charge in [-0.25, -0.2) is 4.79 Å². The van der Waals surface area contributed by atoms with Crippen molar-refractivity contribution in [2.45, 2.75) is 31.7 Å². The number of urea groups is 1. The van der Waals surface area contributed by atoms with Gasteiger partial charge in [0.2, 0.25) is 5.91 Å². The minimum absolute atomic E-state index is 0.0459. The minimum Gasteiger partial charge on any atom is -0.481 e. The number of likely N-dealkylation sites (N-methyl/N-ethyl adjacent to an activating group) is 1. The lowest BCUT2D eigenvalue weighted by Crippen LogP contribution is -2.54. The SMILES string of the molecule is CN1CC(NC(=O)N2CCC[C@@H](C(=O)O)C2)CCC1=O. The van der Waals surface area contributed by atoms with E-state index in [4.69, 9.17) is 5.11 Å². The number of carboxylic acid groups (broad SMARTS) is 1. The molecule has 2 rings (SSSR count). The van der Waals surface area contributed by atoms with Crippen molar-refractivity contribution in [1.29, 1.82) is 0 Å². The van der Waals surface area contributed by atoms with Crippen LogP contribution in [0.3, 0.4) is 0 Å². The molecular formula is C13H21N3O4. The number of carbonyl (C=O) groups is 3. The molecule has 0 aliphatic carbocycles. The Morgan fingerprint density at radius 2 is 2.05 bits per heavy atom. The lowest BCUT2D eigenvalue weighted by atomic mass is 9.98. The Bertz CT molecular complexity index is 412. The van der Waals surface area contributed by atoms with Crippen LogP contribution in [0.4, 0.5) is 4.79 Å². The van der Waals surface area contributed by atoms with Crippen LogP contribution >= 0.6 is 0 Å². The van der Waals surface area contributed by atoms with E-state index in [2.05, 4.69) is 5.32 Å². The van der Waals surface area contributed by atoms with Crippen molar-refractivity contribution in [3.05, 3.63) is 0 Å². The molecule has 7 nitrogen and oxygen atoms in total. The van der Waals surface area contributed by atoms with Gasteiger partial charge in [0.05, 0.1) is 5.92 Å². The molecule has 7 heteroatoms. The molecule has 0 aromatic heterocycles. The molecular weight excluding hydrogens is 262 g/mol. The highest BCUT2D eigenvalue weighted by Gasteiger charge is 2.30. The number of rotatable bonds is 2. The minimum atomic E-state index is -0.842. The van der Waals surface area contributed by atoms with E-state index < -0.39 is 11.9 Å². The molecule has 2 saturated heterocycles. The molecule has 0 spiro atoms. The summed E-state index contributed by atoms with van der Waals surface area (Å²) in [4.78, 5) is 37.7. The molecule has 3 amide bonds. The van der Waals surface area contributed by atoms with Crippen LogP contribution in [0.1, 0.15) is 25.7 Å². The summed E-state index contributed by atoms with van der Waals surface area (Å²) in [6.07, 6.45) is 2.43. The van der Waals surface area contributed by atoms with Crippen molar-refractivity contribution in [3.63, 3.8) is 0 Å². The number of nitrogens with one attached hydrogen (secondary N) is 1. The van der Waals surface area contributed by atoms with Crippen molar-refractivity contribution in [2.75, 3.05) is 26.7 Å². The third-order valence-electron chi connectivity index (χ3n) is 4.01. The summed E-state index contributed by atoms with van der Waals surface area (Å²) in [7, 11) is 1.72. The zero-order valence-corrected chi connectivity index (χ0v) is 11.7. The molecule has 2 heterocycles. The maximum atomic E-state index is 12.1. The second-order valence-corrected chi connectivity index (χ2v) is 5.58. The van der Waals surface area contributed by atoms with Gasteiger partial charge in [-0.05, 0) is 19.3 Å². The fraction of sp³-hybridized carbons (Fsp3) is 0.769. The van der Waals surface area contributed by atoms with Crippen molar-refractivity contribution >= 4 is 17.9 Å². The van der Waals surface area contributed by atoms with E-state index in [1.54, 1.807) is 16.8 Å². The van der Waals surface area contributed by atoms with Gasteiger partial charge in [0.1, 0.15) is 0 Å². The van der Waals surface area contributed by atoms with Crippen LogP contribution in [0.2, 0.25) is 0 Å². The number of likely N-dealkylation sites (tertiary alicyclic amines) is 2. The first-order valence-corrected chi connectivity index (χ1v) is 6.99. The molecule has 2 N–H and O–H groups in total. The van der Waals surface area contributed by atoms with E-state index in [0.29, 0.717) is 38.8 Å². The molecule has 2 aliphatic heterocycles. The number of amides is 3. The number of carboxylic acids is 1. The lowest BCUT2D eigenvalue weighted by Gasteiger charge is -2.34. The number of carbonyl (C=O) groups excluding carboxylic acids is 2. The highest BCUT2D eigenvalue weighted by molar-refractivity contribution is 5.79. The largest absolute Gasteiger partial charge is 0.481 e. The van der Waals surface area contributed by atoms with Gasteiger partial charge in [-0.15, -0.1) is 0 Å². The maximum Gasteiger partial charge on any atom is 0.317 e. The predicted molar refractivity (Wildman–Crippen MR) is 71.1 cm³/mol. The van der Waals surface area contributed by atoms with E-state index in [9.17, 15) is 14.4 Å². The Balaban J connectivity index is 1.85. The smallest absolute Gasteiger partial charge is 0.317 e. The lowest BCUT2D eigenvalue weighted by molar-refractivity contribution is -0.143. The molecule has 112 valence electrons. The van der Waals surface area contributed by atoms with Gasteiger partial charge in [-0.2, -0.15) is 0 Å². The van der Waals surface area contributed by atoms with Gasteiger partial charge in [0.25, 0.3) is 0 Å². The van der Waals surface area contributed by atoms with Crippen LogP contribution in [0.5, 0.6) is 0 Å².